The lowest BCUT2D eigenvalue weighted by Gasteiger charge is -2.35. The summed E-state index contributed by atoms with van der Waals surface area (Å²) >= 11 is 6.90. The number of methoxy groups -OCH3 is 3. The third kappa shape index (κ3) is 11.1. The molecule has 4 bridgehead atoms. The van der Waals surface area contributed by atoms with Crippen LogP contribution in [-0.4, -0.2) is 118 Å². The van der Waals surface area contributed by atoms with Crippen LogP contribution in [0.4, 0.5) is 26.3 Å². The maximum Gasteiger partial charge on any atom is 0.432 e. The third-order valence-corrected chi connectivity index (χ3v) is 12.6. The van der Waals surface area contributed by atoms with Gasteiger partial charge in [-0.05, 0) is 44.3 Å². The van der Waals surface area contributed by atoms with E-state index in [0.29, 0.717) is 14.2 Å². The molecule has 13 atom stereocenters. The lowest BCUT2D eigenvalue weighted by molar-refractivity contribution is -0.279. The normalized spacial score (nSPS) is 30.6. The Hall–Kier alpha value is -4.83. The summed E-state index contributed by atoms with van der Waals surface area (Å²) in [4.78, 5) is 55.1. The Labute approximate surface area is 399 Å². The average molecular weight is 1000 g/mol. The number of allylic oxidation sites excluding steroid dienone is 3. The number of hydrogen-bond donors (Lipinski definition) is 0. The minimum Gasteiger partial charge on any atom is -0.469 e. The van der Waals surface area contributed by atoms with Gasteiger partial charge in [0.15, 0.2) is 18.0 Å². The van der Waals surface area contributed by atoms with Crippen LogP contribution in [0.25, 0.3) is 0 Å². The molecule has 69 heavy (non-hydrogen) atoms. The van der Waals surface area contributed by atoms with Gasteiger partial charge in [0.05, 0.1) is 24.7 Å². The Morgan fingerprint density at radius 2 is 1.39 bits per heavy atom. The molecule has 0 radical (unpaired) electrons. The van der Waals surface area contributed by atoms with Gasteiger partial charge in [-0.15, -0.1) is 0 Å². The number of carbonyl (C=O) groups is 4. The molecule has 2 aromatic rings. The fraction of sp³-hybridized carbons (Fsp3) is 0.542. The van der Waals surface area contributed by atoms with Gasteiger partial charge < -0.3 is 47.4 Å². The van der Waals surface area contributed by atoms with Crippen LogP contribution < -0.4 is 0 Å². The number of carbonyl (C=O) groups excluding carboxylic acids is 4. The predicted molar refractivity (Wildman–Crippen MR) is 230 cm³/mol. The summed E-state index contributed by atoms with van der Waals surface area (Å²) in [6.45, 7) is 6.55. The van der Waals surface area contributed by atoms with Crippen LogP contribution in [0.5, 0.6) is 0 Å². The minimum absolute atomic E-state index is 0.255. The van der Waals surface area contributed by atoms with E-state index < -0.39 is 143 Å². The van der Waals surface area contributed by atoms with Gasteiger partial charge >= 0.3 is 36.2 Å². The SMILES string of the molecule is COC(=O)C[C@@H](C)/C=C/[C@@H](OC(=O)[C@](OC)(c1ccccc1)C(F)(F)F)[C@@H]1O[C@@H]2C[C@@H]1OC(=O)[C@@H]1O[C@H](C[C@H]1C)[C@@H]1OC(C)(C)O[C@@H]1C=C/C=C(\Cl)[C@H]2OC(=O)[C@](OC)(c1ccccc1)C(F)(F)F. The highest BCUT2D eigenvalue weighted by atomic mass is 35.5. The molecule has 0 spiro atoms. The summed E-state index contributed by atoms with van der Waals surface area (Å²) in [5.41, 5.74) is -8.85. The molecular weight excluding hydrogens is 950 g/mol. The molecule has 0 N–H and O–H groups in total. The first kappa shape index (κ1) is 53.5. The molecule has 14 nitrogen and oxygen atoms in total. The van der Waals surface area contributed by atoms with Crippen LogP contribution >= 0.6 is 11.6 Å². The quantitative estimate of drug-likeness (QED) is 0.0826. The number of hydrogen-bond acceptors (Lipinski definition) is 14. The zero-order valence-corrected chi connectivity index (χ0v) is 39.2. The lowest BCUT2D eigenvalue weighted by atomic mass is 9.92. The van der Waals surface area contributed by atoms with E-state index in [2.05, 4.69) is 0 Å². The molecule has 21 heteroatoms. The molecule has 3 saturated heterocycles. The highest BCUT2D eigenvalue weighted by Gasteiger charge is 2.66. The Morgan fingerprint density at radius 1 is 0.812 bits per heavy atom. The summed E-state index contributed by atoms with van der Waals surface area (Å²) in [5.74, 6) is -8.09. The van der Waals surface area contributed by atoms with Crippen molar-refractivity contribution in [3.05, 3.63) is 107 Å². The monoisotopic (exact) mass is 1000 g/mol. The first-order valence-corrected chi connectivity index (χ1v) is 22.2. The first-order chi connectivity index (χ1) is 32.4. The second-order valence-corrected chi connectivity index (χ2v) is 17.9. The van der Waals surface area contributed by atoms with Gasteiger partial charge in [0, 0.05) is 31.8 Å². The summed E-state index contributed by atoms with van der Waals surface area (Å²) in [6, 6.07) is 11.7. The molecule has 0 saturated carbocycles. The number of ether oxygens (including phenoxy) is 10. The zero-order chi connectivity index (χ0) is 50.7. The highest BCUT2D eigenvalue weighted by molar-refractivity contribution is 6.30. The molecule has 0 aromatic heterocycles. The van der Waals surface area contributed by atoms with Gasteiger partial charge in [-0.3, -0.25) is 4.79 Å². The van der Waals surface area contributed by atoms with Crippen molar-refractivity contribution in [2.45, 2.75) is 131 Å². The topological polar surface area (TPSA) is 161 Å². The number of benzene rings is 2. The van der Waals surface area contributed by atoms with Gasteiger partial charge in [-0.25, -0.2) is 14.4 Å². The van der Waals surface area contributed by atoms with Gasteiger partial charge in [-0.1, -0.05) is 104 Å². The van der Waals surface area contributed by atoms with E-state index in [0.717, 1.165) is 37.5 Å². The lowest BCUT2D eigenvalue weighted by Crippen LogP contribution is -2.54. The zero-order valence-electron chi connectivity index (χ0n) is 38.5. The van der Waals surface area contributed by atoms with E-state index in [-0.39, 0.29) is 12.8 Å². The van der Waals surface area contributed by atoms with Gasteiger partial charge in [-0.2, -0.15) is 26.3 Å². The first-order valence-electron chi connectivity index (χ1n) is 21.9. The highest BCUT2D eigenvalue weighted by Crippen LogP contribution is 2.47. The van der Waals surface area contributed by atoms with Crippen molar-refractivity contribution in [2.24, 2.45) is 11.8 Å². The Kier molecular flexibility index (Phi) is 16.5. The Balaban J connectivity index is 1.50. The van der Waals surface area contributed by atoms with Crippen LogP contribution in [0, 0.1) is 11.8 Å². The van der Waals surface area contributed by atoms with Crippen molar-refractivity contribution < 1.29 is 92.9 Å². The maximum atomic E-state index is 15.3. The van der Waals surface area contributed by atoms with E-state index >= 15 is 26.3 Å². The number of esters is 4. The average Bonchev–Trinajstić information content (AvgIpc) is 3.98. The second kappa shape index (κ2) is 21.3. The van der Waals surface area contributed by atoms with Gasteiger partial charge in [0.2, 0.25) is 0 Å². The van der Waals surface area contributed by atoms with E-state index in [1.54, 1.807) is 20.8 Å². The van der Waals surface area contributed by atoms with Crippen molar-refractivity contribution in [1.82, 2.24) is 0 Å². The van der Waals surface area contributed by atoms with Crippen molar-refractivity contribution in [3.63, 3.8) is 0 Å². The van der Waals surface area contributed by atoms with E-state index in [1.165, 1.54) is 67.6 Å². The van der Waals surface area contributed by atoms with Crippen molar-refractivity contribution in [3.8, 4) is 0 Å². The molecule has 2 aromatic carbocycles. The Morgan fingerprint density at radius 3 is 1.94 bits per heavy atom. The van der Waals surface area contributed by atoms with Crippen molar-refractivity contribution in [2.75, 3.05) is 21.3 Å². The number of rotatable bonds is 13. The summed E-state index contributed by atoms with van der Waals surface area (Å²) < 4.78 is 149. The van der Waals surface area contributed by atoms with Gasteiger partial charge in [0.1, 0.15) is 36.6 Å². The number of halogens is 7. The number of alkyl halides is 6. The summed E-state index contributed by atoms with van der Waals surface area (Å²) in [5, 5.41) is -0.457. The van der Waals surface area contributed by atoms with Crippen LogP contribution in [0.15, 0.2) is 96.1 Å². The Bertz CT molecular complexity index is 2240. The molecule has 0 unspecified atom stereocenters. The fourth-order valence-electron chi connectivity index (χ4n) is 8.91. The molecule has 4 aliphatic heterocycles. The van der Waals surface area contributed by atoms with Crippen LogP contribution in [-0.2, 0) is 77.7 Å². The summed E-state index contributed by atoms with van der Waals surface area (Å²) in [6.07, 6.45) is -17.8. The minimum atomic E-state index is -5.46. The largest absolute Gasteiger partial charge is 0.469 e. The van der Waals surface area contributed by atoms with E-state index in [4.69, 9.17) is 59.0 Å². The second-order valence-electron chi connectivity index (χ2n) is 17.5. The predicted octanol–water partition coefficient (Wildman–Crippen LogP) is 7.85. The summed E-state index contributed by atoms with van der Waals surface area (Å²) in [7, 11) is 2.43. The van der Waals surface area contributed by atoms with Crippen LogP contribution in [0.1, 0.15) is 58.1 Å². The van der Waals surface area contributed by atoms with Crippen LogP contribution in [0.3, 0.4) is 0 Å². The third-order valence-electron chi connectivity index (χ3n) is 12.3. The molecule has 4 aliphatic rings. The number of fused-ring (bicyclic) bond motifs is 6. The van der Waals surface area contributed by atoms with Crippen molar-refractivity contribution in [1.29, 1.82) is 0 Å². The molecule has 6 rings (SSSR count). The molecule has 0 aliphatic carbocycles. The smallest absolute Gasteiger partial charge is 0.432 e. The molecule has 0 amide bonds. The van der Waals surface area contributed by atoms with Crippen LogP contribution in [0.2, 0.25) is 0 Å². The standard InChI is InChI=1S/C48H53ClF6O14/c1-26(23-36(56)60-5)21-22-31(66-42(58)45(61-6,47(50,51)52)28-15-10-8-11-16-28)39-35-25-34(64-39)38(67-43(59)46(62-7,48(53,54)55)29-17-12-9-13-18-29)30(49)19-14-20-32-40(69-44(3,4)68-32)33-24-27(2)37(63-33)41(57)65-35/h8-22,26-27,31-35,37-40H,23-25H2,1-7H3/b20-14?,22-21+,30-19-/t26-,27+,31+,32+,33+,34+,35-,37+,38+,39-,40+,45+,46+/m0/s1. The van der Waals surface area contributed by atoms with Gasteiger partial charge in [0.25, 0.3) is 11.2 Å². The maximum absolute atomic E-state index is 15.3. The molecule has 3 fully saturated rings. The van der Waals surface area contributed by atoms with Crippen molar-refractivity contribution >= 4 is 35.5 Å². The molecule has 4 heterocycles. The van der Waals surface area contributed by atoms with E-state index in [1.807, 2.05) is 0 Å². The fourth-order valence-corrected chi connectivity index (χ4v) is 9.17. The molecular formula is C48H53ClF6O14. The van der Waals surface area contributed by atoms with E-state index in [9.17, 15) is 19.2 Å². The molecule has 378 valence electrons.